The van der Waals surface area contributed by atoms with Crippen LogP contribution in [0.15, 0.2) is 0 Å². The maximum absolute atomic E-state index is 10.8. The van der Waals surface area contributed by atoms with Crippen LogP contribution < -0.4 is 0 Å². The van der Waals surface area contributed by atoms with E-state index >= 15 is 0 Å². The van der Waals surface area contributed by atoms with Crippen LogP contribution in [0, 0.1) is 0 Å². The van der Waals surface area contributed by atoms with E-state index in [0.29, 0.717) is 0 Å². The Kier molecular flexibility index (Phi) is 12.6. The average Bonchev–Trinajstić information content (AvgIpc) is 2.45. The van der Waals surface area contributed by atoms with Gasteiger partial charge in [0, 0.05) is 6.42 Å². The fourth-order valence-corrected chi connectivity index (χ4v) is 0.954. The summed E-state index contributed by atoms with van der Waals surface area (Å²) in [6.07, 6.45) is -1.41. The van der Waals surface area contributed by atoms with Gasteiger partial charge in [0.15, 0.2) is 0 Å². The second-order valence-electron chi connectivity index (χ2n) is 3.75. The highest BCUT2D eigenvalue weighted by Crippen LogP contribution is 1.91. The number of carbonyl (C=O) groups is 6. The molecular formula is C13H18O10. The number of carboxylic acids is 2. The number of carbonyl (C=O) groups excluding carboxylic acids is 4. The number of aliphatic carboxylic acids is 2. The summed E-state index contributed by atoms with van der Waals surface area (Å²) in [4.78, 5) is 62.0. The first-order valence-corrected chi connectivity index (χ1v) is 6.49. The fourth-order valence-electron chi connectivity index (χ4n) is 0.954. The Morgan fingerprint density at radius 3 is 1.70 bits per heavy atom. The van der Waals surface area contributed by atoms with Gasteiger partial charge >= 0.3 is 23.9 Å². The molecule has 0 fully saturated rings. The lowest BCUT2D eigenvalue weighted by Crippen LogP contribution is -2.21. The SMILES string of the molecule is CCOC(=O)CC(=O)C(=O)OCC.O=C(O)CCC(=O)C(=O)O. The number of rotatable bonds is 9. The summed E-state index contributed by atoms with van der Waals surface area (Å²) < 4.78 is 8.86. The van der Waals surface area contributed by atoms with Crippen LogP contribution in [0.2, 0.25) is 0 Å². The lowest BCUT2D eigenvalue weighted by molar-refractivity contribution is -0.157. The van der Waals surface area contributed by atoms with Crippen LogP contribution >= 0.6 is 0 Å². The van der Waals surface area contributed by atoms with Gasteiger partial charge in [-0.3, -0.25) is 19.2 Å². The van der Waals surface area contributed by atoms with Crippen molar-refractivity contribution >= 4 is 35.4 Å². The Labute approximate surface area is 131 Å². The van der Waals surface area contributed by atoms with Gasteiger partial charge in [-0.1, -0.05) is 0 Å². The summed E-state index contributed by atoms with van der Waals surface area (Å²) in [7, 11) is 0. The van der Waals surface area contributed by atoms with E-state index < -0.39 is 54.7 Å². The lowest BCUT2D eigenvalue weighted by Gasteiger charge is -2.00. The summed E-state index contributed by atoms with van der Waals surface area (Å²) in [6.45, 7) is 3.50. The maximum Gasteiger partial charge on any atom is 0.375 e. The third-order valence-corrected chi connectivity index (χ3v) is 1.92. The first-order chi connectivity index (χ1) is 10.6. The molecule has 0 aromatic rings. The van der Waals surface area contributed by atoms with Crippen molar-refractivity contribution in [3.05, 3.63) is 0 Å². The van der Waals surface area contributed by atoms with Gasteiger partial charge in [-0.25, -0.2) is 9.59 Å². The third-order valence-electron chi connectivity index (χ3n) is 1.92. The Morgan fingerprint density at radius 1 is 0.783 bits per heavy atom. The van der Waals surface area contributed by atoms with Gasteiger partial charge in [0.2, 0.25) is 5.78 Å². The molecule has 0 bridgehead atoms. The highest BCUT2D eigenvalue weighted by molar-refractivity contribution is 6.36. The predicted octanol–water partition coefficient (Wildman–Crippen LogP) is -0.423. The number of ether oxygens (including phenoxy) is 2. The zero-order valence-electron chi connectivity index (χ0n) is 12.7. The zero-order valence-corrected chi connectivity index (χ0v) is 12.7. The molecule has 2 N–H and O–H groups in total. The van der Waals surface area contributed by atoms with E-state index in [2.05, 4.69) is 9.47 Å². The van der Waals surface area contributed by atoms with Crippen molar-refractivity contribution < 1.29 is 48.5 Å². The van der Waals surface area contributed by atoms with Crippen LogP contribution in [-0.4, -0.2) is 58.9 Å². The molecule has 0 radical (unpaired) electrons. The quantitative estimate of drug-likeness (QED) is 0.321. The van der Waals surface area contributed by atoms with Crippen LogP contribution in [0.4, 0.5) is 0 Å². The molecule has 23 heavy (non-hydrogen) atoms. The molecule has 0 aromatic carbocycles. The number of hydrogen-bond acceptors (Lipinski definition) is 8. The van der Waals surface area contributed by atoms with E-state index in [1.165, 1.54) is 0 Å². The minimum atomic E-state index is -1.58. The van der Waals surface area contributed by atoms with Crippen LogP contribution in [-0.2, 0) is 38.2 Å². The number of Topliss-reactive ketones (excluding diaryl/α,β-unsaturated/α-hetero) is 2. The molecule has 0 atom stereocenters. The molecular weight excluding hydrogens is 316 g/mol. The van der Waals surface area contributed by atoms with E-state index in [-0.39, 0.29) is 13.2 Å². The monoisotopic (exact) mass is 334 g/mol. The van der Waals surface area contributed by atoms with Crippen molar-refractivity contribution in [1.82, 2.24) is 0 Å². The van der Waals surface area contributed by atoms with Gasteiger partial charge in [0.1, 0.15) is 6.42 Å². The van der Waals surface area contributed by atoms with E-state index in [0.717, 1.165) is 0 Å². The predicted molar refractivity (Wildman–Crippen MR) is 72.4 cm³/mol. The van der Waals surface area contributed by atoms with Gasteiger partial charge in [-0.2, -0.15) is 0 Å². The average molecular weight is 334 g/mol. The summed E-state index contributed by atoms with van der Waals surface area (Å²) >= 11 is 0. The minimum absolute atomic E-state index is 0.118. The largest absolute Gasteiger partial charge is 0.481 e. The molecule has 0 aliphatic rings. The Hall–Kier alpha value is -2.78. The standard InChI is InChI=1S/C8H12O5.C5H6O5/c1-3-12-7(10)5-6(9)8(11)13-4-2;6-3(5(9)10)1-2-4(7)8/h3-5H2,1-2H3;1-2H2,(H,7,8)(H,9,10). The number of ketones is 2. The highest BCUT2D eigenvalue weighted by atomic mass is 16.5. The molecule has 0 aliphatic heterocycles. The van der Waals surface area contributed by atoms with Crippen molar-refractivity contribution in [2.45, 2.75) is 33.1 Å². The number of carboxylic acid groups (broad SMARTS) is 2. The minimum Gasteiger partial charge on any atom is -0.481 e. The summed E-state index contributed by atoms with van der Waals surface area (Å²) in [5.41, 5.74) is 0. The Balaban J connectivity index is 0. The molecule has 0 spiro atoms. The lowest BCUT2D eigenvalue weighted by atomic mass is 10.2. The Bertz CT molecular complexity index is 465. The van der Waals surface area contributed by atoms with Crippen molar-refractivity contribution in [1.29, 1.82) is 0 Å². The fraction of sp³-hybridized carbons (Fsp3) is 0.538. The van der Waals surface area contributed by atoms with Gasteiger partial charge < -0.3 is 19.7 Å². The van der Waals surface area contributed by atoms with E-state index in [1.807, 2.05) is 0 Å². The van der Waals surface area contributed by atoms with Gasteiger partial charge in [0.05, 0.1) is 19.6 Å². The van der Waals surface area contributed by atoms with Gasteiger partial charge in [-0.15, -0.1) is 0 Å². The van der Waals surface area contributed by atoms with Gasteiger partial charge in [-0.05, 0) is 13.8 Å². The second kappa shape index (κ2) is 12.9. The molecule has 0 rings (SSSR count). The van der Waals surface area contributed by atoms with E-state index in [9.17, 15) is 28.8 Å². The van der Waals surface area contributed by atoms with Crippen molar-refractivity contribution in [2.75, 3.05) is 13.2 Å². The highest BCUT2D eigenvalue weighted by Gasteiger charge is 2.19. The second-order valence-corrected chi connectivity index (χ2v) is 3.75. The summed E-state index contributed by atoms with van der Waals surface area (Å²) in [5, 5.41) is 16.0. The molecule has 10 heteroatoms. The molecule has 0 aromatic heterocycles. The van der Waals surface area contributed by atoms with Crippen molar-refractivity contribution in [3.63, 3.8) is 0 Å². The van der Waals surface area contributed by atoms with Crippen LogP contribution in [0.5, 0.6) is 0 Å². The van der Waals surface area contributed by atoms with E-state index in [1.54, 1.807) is 13.8 Å². The topological polar surface area (TPSA) is 161 Å². The normalized spacial score (nSPS) is 8.96. The van der Waals surface area contributed by atoms with E-state index in [4.69, 9.17) is 10.2 Å². The molecule has 0 amide bonds. The first-order valence-electron chi connectivity index (χ1n) is 6.49. The number of hydrogen-bond donors (Lipinski definition) is 2. The molecule has 0 unspecified atom stereocenters. The Morgan fingerprint density at radius 2 is 1.30 bits per heavy atom. The van der Waals surface area contributed by atoms with Crippen LogP contribution in [0.3, 0.4) is 0 Å². The van der Waals surface area contributed by atoms with Crippen LogP contribution in [0.25, 0.3) is 0 Å². The van der Waals surface area contributed by atoms with Crippen molar-refractivity contribution in [2.24, 2.45) is 0 Å². The summed E-state index contributed by atoms with van der Waals surface area (Å²) in [5.74, 6) is -6.39. The smallest absolute Gasteiger partial charge is 0.375 e. The van der Waals surface area contributed by atoms with Crippen LogP contribution in [0.1, 0.15) is 33.1 Å². The molecule has 130 valence electrons. The van der Waals surface area contributed by atoms with Gasteiger partial charge in [0.25, 0.3) is 5.78 Å². The van der Waals surface area contributed by atoms with Crippen molar-refractivity contribution in [3.8, 4) is 0 Å². The maximum atomic E-state index is 10.8. The summed E-state index contributed by atoms with van der Waals surface area (Å²) in [6, 6.07) is 0. The molecule has 0 aliphatic carbocycles. The zero-order chi connectivity index (χ0) is 18.4. The molecule has 0 heterocycles. The molecule has 0 saturated heterocycles. The molecule has 0 saturated carbocycles. The first kappa shape index (κ1) is 22.5. The number of esters is 2. The molecule has 10 nitrogen and oxygen atoms in total. The third kappa shape index (κ3) is 13.9.